The zero-order chi connectivity index (χ0) is 30.8. The molecule has 0 amide bonds. The number of fused-ring (bicyclic) bond motifs is 1. The molecule has 2 saturated carbocycles. The monoisotopic (exact) mass is 577 g/mol. The second-order valence-corrected chi connectivity index (χ2v) is 13.3. The van der Waals surface area contributed by atoms with Crippen LogP contribution in [0.1, 0.15) is 65.7 Å². The van der Waals surface area contributed by atoms with Crippen molar-refractivity contribution in [2.24, 2.45) is 28.6 Å². The number of nitrogens with one attached hydrogen (secondary N) is 1. The Morgan fingerprint density at radius 3 is 2.55 bits per heavy atom. The van der Waals surface area contributed by atoms with Gasteiger partial charge in [0.15, 0.2) is 0 Å². The molecule has 42 heavy (non-hydrogen) atoms. The van der Waals surface area contributed by atoms with Crippen molar-refractivity contribution in [3.63, 3.8) is 0 Å². The van der Waals surface area contributed by atoms with Gasteiger partial charge in [0.1, 0.15) is 6.29 Å². The maximum Gasteiger partial charge on any atom is 0.145 e. The quantitative estimate of drug-likeness (QED) is 0.0923. The highest BCUT2D eigenvalue weighted by atomic mass is 16.3. The molecule has 0 aromatic rings. The summed E-state index contributed by atoms with van der Waals surface area (Å²) in [6, 6.07) is 0. The number of allylic oxidation sites excluding steroid dienone is 11. The Kier molecular flexibility index (Phi) is 9.86. The van der Waals surface area contributed by atoms with Crippen molar-refractivity contribution >= 4 is 6.29 Å². The maximum atomic E-state index is 13.0. The summed E-state index contributed by atoms with van der Waals surface area (Å²) < 4.78 is 0. The van der Waals surface area contributed by atoms with Gasteiger partial charge in [0.25, 0.3) is 0 Å². The third kappa shape index (κ3) is 5.20. The van der Waals surface area contributed by atoms with Gasteiger partial charge in [-0.05, 0) is 90.5 Å². The number of rotatable bonds is 13. The summed E-state index contributed by atoms with van der Waals surface area (Å²) in [6.07, 6.45) is 21.1. The number of aldehydes is 1. The Morgan fingerprint density at radius 1 is 1.14 bits per heavy atom. The zero-order valence-electron chi connectivity index (χ0n) is 25.9. The van der Waals surface area contributed by atoms with Gasteiger partial charge < -0.3 is 25.7 Å². The standard InChI is InChI=1S/C36H51NO5/c1-25(2)8-6-9-26(3)10-7-11-29(24-40)30-13-15-35-32-31(27(4)23-39)28(22-34(35,41)18-20-37-5)12-14-33(32,19-21-38)16-17-36(30,35)42/h7-8,10-12,14,16-17,23,28,30,32,37-38,40-42H,3,6,9,13,15,18-22,24H2,1-2,4-5H3. The van der Waals surface area contributed by atoms with Gasteiger partial charge in [0.2, 0.25) is 0 Å². The van der Waals surface area contributed by atoms with Gasteiger partial charge in [-0.1, -0.05) is 71.9 Å². The molecule has 7 atom stereocenters. The van der Waals surface area contributed by atoms with Crippen LogP contribution in [0.25, 0.3) is 0 Å². The van der Waals surface area contributed by atoms with Gasteiger partial charge in [-0.15, -0.1) is 0 Å². The summed E-state index contributed by atoms with van der Waals surface area (Å²) >= 11 is 0. The molecular weight excluding hydrogens is 526 g/mol. The Hall–Kier alpha value is -2.35. The van der Waals surface area contributed by atoms with Crippen LogP contribution < -0.4 is 5.32 Å². The number of aliphatic hydroxyl groups is 4. The lowest BCUT2D eigenvalue weighted by Crippen LogP contribution is -2.72. The van der Waals surface area contributed by atoms with Gasteiger partial charge in [-0.3, -0.25) is 4.79 Å². The lowest BCUT2D eigenvalue weighted by Gasteiger charge is -2.68. The predicted octanol–water partition coefficient (Wildman–Crippen LogP) is 4.89. The van der Waals surface area contributed by atoms with Gasteiger partial charge in [0, 0.05) is 35.2 Å². The van der Waals surface area contributed by atoms with E-state index >= 15 is 0 Å². The van der Waals surface area contributed by atoms with Gasteiger partial charge >= 0.3 is 0 Å². The van der Waals surface area contributed by atoms with E-state index in [1.54, 1.807) is 0 Å². The molecule has 2 bridgehead atoms. The molecule has 1 spiro atoms. The van der Waals surface area contributed by atoms with Gasteiger partial charge in [0.05, 0.1) is 17.8 Å². The van der Waals surface area contributed by atoms with E-state index in [1.807, 2.05) is 44.4 Å². The van der Waals surface area contributed by atoms with Crippen LogP contribution in [0.4, 0.5) is 0 Å². The number of aliphatic hydroxyl groups excluding tert-OH is 2. The van der Waals surface area contributed by atoms with E-state index in [-0.39, 0.29) is 25.0 Å². The van der Waals surface area contributed by atoms with E-state index in [1.165, 1.54) is 5.57 Å². The van der Waals surface area contributed by atoms with E-state index < -0.39 is 27.9 Å². The largest absolute Gasteiger partial charge is 0.396 e. The lowest BCUT2D eigenvalue weighted by molar-refractivity contribution is -0.233. The van der Waals surface area contributed by atoms with Crippen LogP contribution in [0.5, 0.6) is 0 Å². The molecule has 4 rings (SSSR count). The summed E-state index contributed by atoms with van der Waals surface area (Å²) in [5.74, 6) is -0.906. The molecule has 0 heterocycles. The SMILES string of the molecule is C=C(C=CC=C(CO)C1CCC23C4C(=C(C)C=O)C(C=CC4(CCO)C=CC12O)CC3(O)CCNC)CCC=C(C)C. The summed E-state index contributed by atoms with van der Waals surface area (Å²) in [4.78, 5) is 12.3. The molecule has 0 saturated heterocycles. The van der Waals surface area contributed by atoms with Crippen LogP contribution in [0.2, 0.25) is 0 Å². The molecule has 230 valence electrons. The number of carbonyl (C=O) groups is 1. The number of carbonyl (C=O) groups excluding carboxylic acids is 1. The van der Waals surface area contributed by atoms with Crippen LogP contribution >= 0.6 is 0 Å². The fourth-order valence-corrected chi connectivity index (χ4v) is 8.93. The third-order valence-electron chi connectivity index (χ3n) is 10.7. The molecule has 4 aliphatic rings. The summed E-state index contributed by atoms with van der Waals surface area (Å²) in [7, 11) is 1.86. The molecule has 6 heteroatoms. The first-order chi connectivity index (χ1) is 20.0. The van der Waals surface area contributed by atoms with Crippen molar-refractivity contribution in [3.8, 4) is 0 Å². The average Bonchev–Trinajstić information content (AvgIpc) is 3.27. The molecule has 2 fully saturated rings. The van der Waals surface area contributed by atoms with Crippen LogP contribution in [-0.2, 0) is 4.79 Å². The fraction of sp³-hybridized carbons (Fsp3) is 0.583. The molecule has 6 nitrogen and oxygen atoms in total. The maximum absolute atomic E-state index is 13.0. The van der Waals surface area contributed by atoms with Crippen molar-refractivity contribution in [2.75, 3.05) is 26.8 Å². The Morgan fingerprint density at radius 2 is 1.90 bits per heavy atom. The third-order valence-corrected chi connectivity index (χ3v) is 10.7. The smallest absolute Gasteiger partial charge is 0.145 e. The highest BCUT2D eigenvalue weighted by Crippen LogP contribution is 2.75. The van der Waals surface area contributed by atoms with Crippen LogP contribution in [0.15, 0.2) is 83.1 Å². The fourth-order valence-electron chi connectivity index (χ4n) is 8.93. The molecule has 5 N–H and O–H groups in total. The van der Waals surface area contributed by atoms with Crippen molar-refractivity contribution in [1.29, 1.82) is 0 Å². The first-order valence-electron chi connectivity index (χ1n) is 15.5. The number of hydrogen-bond acceptors (Lipinski definition) is 6. The molecular formula is C36H51NO5. The molecule has 0 radical (unpaired) electrons. The van der Waals surface area contributed by atoms with Crippen LogP contribution in [-0.4, -0.2) is 64.7 Å². The highest BCUT2D eigenvalue weighted by molar-refractivity contribution is 5.75. The van der Waals surface area contributed by atoms with Crippen LogP contribution in [0.3, 0.4) is 0 Å². The van der Waals surface area contributed by atoms with Crippen molar-refractivity contribution in [3.05, 3.63) is 83.1 Å². The second-order valence-electron chi connectivity index (χ2n) is 13.3. The van der Waals surface area contributed by atoms with Crippen molar-refractivity contribution in [1.82, 2.24) is 5.32 Å². The number of hydrogen-bond donors (Lipinski definition) is 5. The minimum Gasteiger partial charge on any atom is -0.396 e. The topological polar surface area (TPSA) is 110 Å². The predicted molar refractivity (Wildman–Crippen MR) is 168 cm³/mol. The lowest BCUT2D eigenvalue weighted by atomic mass is 9.37. The van der Waals surface area contributed by atoms with E-state index in [4.69, 9.17) is 0 Å². The summed E-state index contributed by atoms with van der Waals surface area (Å²) in [5, 5.41) is 49.8. The molecule has 4 aliphatic carbocycles. The van der Waals surface area contributed by atoms with E-state index in [9.17, 15) is 25.2 Å². The van der Waals surface area contributed by atoms with E-state index in [0.29, 0.717) is 49.8 Å². The Labute approximate surface area is 252 Å². The molecule has 7 unspecified atom stereocenters. The summed E-state index contributed by atoms with van der Waals surface area (Å²) in [5.41, 5.74) is 0.232. The Bertz CT molecular complexity index is 1240. The zero-order valence-corrected chi connectivity index (χ0v) is 25.9. The van der Waals surface area contributed by atoms with E-state index in [0.717, 1.165) is 30.3 Å². The van der Waals surface area contributed by atoms with Crippen molar-refractivity contribution < 1.29 is 25.2 Å². The average molecular weight is 578 g/mol. The molecule has 0 aliphatic heterocycles. The van der Waals surface area contributed by atoms with E-state index in [2.05, 4.69) is 44.0 Å². The van der Waals surface area contributed by atoms with Gasteiger partial charge in [-0.2, -0.15) is 0 Å². The molecule has 0 aromatic carbocycles. The minimum atomic E-state index is -1.47. The minimum absolute atomic E-state index is 0.0553. The first kappa shape index (κ1) is 32.6. The summed E-state index contributed by atoms with van der Waals surface area (Å²) in [6.45, 7) is 10.5. The van der Waals surface area contributed by atoms with Crippen LogP contribution in [0, 0.1) is 28.6 Å². The first-order valence-corrected chi connectivity index (χ1v) is 15.5. The second kappa shape index (κ2) is 12.7. The highest BCUT2D eigenvalue weighted by Gasteiger charge is 2.77. The molecule has 0 aromatic heterocycles. The normalized spacial score (nSPS) is 38.0. The van der Waals surface area contributed by atoms with Crippen molar-refractivity contribution in [2.45, 2.75) is 76.9 Å². The Balaban J connectivity index is 1.85. The van der Waals surface area contributed by atoms with Gasteiger partial charge in [-0.25, -0.2) is 0 Å².